The van der Waals surface area contributed by atoms with Gasteiger partial charge in [0.1, 0.15) is 6.61 Å². The summed E-state index contributed by atoms with van der Waals surface area (Å²) in [6.07, 6.45) is 1.60. The van der Waals surface area contributed by atoms with E-state index in [1.807, 2.05) is 0 Å². The number of nitrogens with two attached hydrogens (primary N) is 1. The minimum absolute atomic E-state index is 0.00346. The molecule has 0 saturated carbocycles. The number of para-hydroxylation sites is 1. The van der Waals surface area contributed by atoms with Crippen molar-refractivity contribution in [2.75, 3.05) is 26.2 Å². The van der Waals surface area contributed by atoms with E-state index in [1.165, 1.54) is 6.07 Å². The maximum absolute atomic E-state index is 13.3. The molecule has 19 heavy (non-hydrogen) atoms. The maximum atomic E-state index is 13.3. The van der Waals surface area contributed by atoms with Crippen molar-refractivity contribution >= 4 is 5.91 Å². The van der Waals surface area contributed by atoms with Crippen LogP contribution in [0.15, 0.2) is 24.3 Å². The number of rotatable bonds is 5. The van der Waals surface area contributed by atoms with E-state index in [2.05, 4.69) is 4.90 Å². The molecule has 2 N–H and O–H groups in total. The van der Waals surface area contributed by atoms with Gasteiger partial charge in [0, 0.05) is 12.5 Å². The second-order valence-corrected chi connectivity index (χ2v) is 4.80. The van der Waals surface area contributed by atoms with Gasteiger partial charge >= 0.3 is 0 Å². The van der Waals surface area contributed by atoms with Gasteiger partial charge in [-0.1, -0.05) is 12.1 Å². The Morgan fingerprint density at radius 3 is 2.68 bits per heavy atom. The second-order valence-electron chi connectivity index (χ2n) is 4.80. The molecule has 1 aliphatic rings. The second kappa shape index (κ2) is 6.52. The lowest BCUT2D eigenvalue weighted by Crippen LogP contribution is -2.40. The molecule has 1 aliphatic heterocycles. The summed E-state index contributed by atoms with van der Waals surface area (Å²) in [4.78, 5) is 13.2. The molecule has 0 unspecified atom stereocenters. The third kappa shape index (κ3) is 3.92. The highest BCUT2D eigenvalue weighted by atomic mass is 19.1. The average Bonchev–Trinajstić information content (AvgIpc) is 2.41. The van der Waals surface area contributed by atoms with Gasteiger partial charge in [-0.05, 0) is 38.1 Å². The Hall–Kier alpha value is -1.62. The summed E-state index contributed by atoms with van der Waals surface area (Å²) in [7, 11) is 0. The first-order valence-electron chi connectivity index (χ1n) is 6.56. The van der Waals surface area contributed by atoms with Gasteiger partial charge in [-0.3, -0.25) is 9.69 Å². The van der Waals surface area contributed by atoms with Gasteiger partial charge in [0.05, 0.1) is 0 Å². The van der Waals surface area contributed by atoms with Crippen molar-refractivity contribution in [1.82, 2.24) is 4.90 Å². The molecule has 4 nitrogen and oxygen atoms in total. The lowest BCUT2D eigenvalue weighted by molar-refractivity contribution is -0.123. The third-order valence-corrected chi connectivity index (χ3v) is 3.49. The van der Waals surface area contributed by atoms with Crippen LogP contribution in [0.4, 0.5) is 4.39 Å². The molecule has 1 heterocycles. The summed E-state index contributed by atoms with van der Waals surface area (Å²) in [5.74, 6) is -0.254. The molecule has 0 atom stereocenters. The summed E-state index contributed by atoms with van der Waals surface area (Å²) in [6, 6.07) is 6.38. The number of likely N-dealkylation sites (tertiary alicyclic amines) is 1. The van der Waals surface area contributed by atoms with Gasteiger partial charge in [-0.25, -0.2) is 4.39 Å². The van der Waals surface area contributed by atoms with Gasteiger partial charge in [0.2, 0.25) is 5.91 Å². The quantitative estimate of drug-likeness (QED) is 0.876. The van der Waals surface area contributed by atoms with E-state index >= 15 is 0 Å². The Bertz CT molecular complexity index is 431. The summed E-state index contributed by atoms with van der Waals surface area (Å²) in [5.41, 5.74) is 5.28. The number of carbonyl (C=O) groups is 1. The predicted octanol–water partition coefficient (Wildman–Crippen LogP) is 1.40. The largest absolute Gasteiger partial charge is 0.489 e. The standard InChI is InChI=1S/C14H19FN2O2/c15-12-3-1-2-4-13(12)19-10-9-17-7-5-11(6-8-17)14(16)18/h1-4,11H,5-10H2,(H2,16,18). The Balaban J connectivity index is 1.70. The summed E-state index contributed by atoms with van der Waals surface area (Å²) < 4.78 is 18.7. The summed E-state index contributed by atoms with van der Waals surface area (Å²) >= 11 is 0. The van der Waals surface area contributed by atoms with Crippen molar-refractivity contribution in [3.63, 3.8) is 0 Å². The molecule has 0 spiro atoms. The van der Waals surface area contributed by atoms with E-state index in [4.69, 9.17) is 10.5 Å². The smallest absolute Gasteiger partial charge is 0.220 e. The highest BCUT2D eigenvalue weighted by molar-refractivity contribution is 5.76. The molecule has 0 aliphatic carbocycles. The first kappa shape index (κ1) is 13.8. The van der Waals surface area contributed by atoms with Crippen LogP contribution < -0.4 is 10.5 Å². The number of hydrogen-bond acceptors (Lipinski definition) is 3. The van der Waals surface area contributed by atoms with Crippen molar-refractivity contribution in [3.8, 4) is 5.75 Å². The molecule has 1 aromatic rings. The van der Waals surface area contributed by atoms with Crippen LogP contribution in [0.25, 0.3) is 0 Å². The zero-order valence-corrected chi connectivity index (χ0v) is 10.8. The van der Waals surface area contributed by atoms with Crippen LogP contribution in [-0.4, -0.2) is 37.0 Å². The van der Waals surface area contributed by atoms with E-state index in [0.29, 0.717) is 6.61 Å². The van der Waals surface area contributed by atoms with Crippen molar-refractivity contribution in [2.45, 2.75) is 12.8 Å². The molecule has 1 saturated heterocycles. The number of nitrogens with zero attached hydrogens (tertiary/aromatic N) is 1. The molecule has 0 radical (unpaired) electrons. The molecule has 1 aromatic carbocycles. The van der Waals surface area contributed by atoms with Crippen LogP contribution in [0.2, 0.25) is 0 Å². The Morgan fingerprint density at radius 2 is 2.05 bits per heavy atom. The molecule has 0 aromatic heterocycles. The fourth-order valence-corrected chi connectivity index (χ4v) is 2.29. The number of halogens is 1. The Morgan fingerprint density at radius 1 is 1.37 bits per heavy atom. The highest BCUT2D eigenvalue weighted by Gasteiger charge is 2.22. The zero-order chi connectivity index (χ0) is 13.7. The van der Waals surface area contributed by atoms with E-state index in [1.54, 1.807) is 18.2 Å². The molecular formula is C14H19FN2O2. The molecule has 1 amide bonds. The normalized spacial score (nSPS) is 17.3. The van der Waals surface area contributed by atoms with Gasteiger partial charge in [0.15, 0.2) is 11.6 Å². The summed E-state index contributed by atoms with van der Waals surface area (Å²) in [6.45, 7) is 2.87. The monoisotopic (exact) mass is 266 g/mol. The van der Waals surface area contributed by atoms with Gasteiger partial charge < -0.3 is 10.5 Å². The summed E-state index contributed by atoms with van der Waals surface area (Å²) in [5, 5.41) is 0. The molecule has 5 heteroatoms. The fourth-order valence-electron chi connectivity index (χ4n) is 2.29. The number of hydrogen-bond donors (Lipinski definition) is 1. The van der Waals surface area contributed by atoms with Crippen LogP contribution in [0, 0.1) is 11.7 Å². The van der Waals surface area contributed by atoms with Gasteiger partial charge in [0.25, 0.3) is 0 Å². The predicted molar refractivity (Wildman–Crippen MR) is 70.3 cm³/mol. The Labute approximate surface area is 112 Å². The van der Waals surface area contributed by atoms with Crippen molar-refractivity contribution in [1.29, 1.82) is 0 Å². The molecular weight excluding hydrogens is 247 g/mol. The van der Waals surface area contributed by atoms with Gasteiger partial charge in [-0.2, -0.15) is 0 Å². The first-order valence-corrected chi connectivity index (χ1v) is 6.56. The first-order chi connectivity index (χ1) is 9.16. The topological polar surface area (TPSA) is 55.6 Å². The number of ether oxygens (including phenoxy) is 1. The fraction of sp³-hybridized carbons (Fsp3) is 0.500. The van der Waals surface area contributed by atoms with E-state index < -0.39 is 0 Å². The van der Waals surface area contributed by atoms with E-state index in [9.17, 15) is 9.18 Å². The van der Waals surface area contributed by atoms with Crippen LogP contribution in [0.1, 0.15) is 12.8 Å². The highest BCUT2D eigenvalue weighted by Crippen LogP contribution is 2.17. The number of carbonyl (C=O) groups excluding carboxylic acids is 1. The minimum Gasteiger partial charge on any atom is -0.489 e. The number of amides is 1. The molecule has 0 bridgehead atoms. The lowest BCUT2D eigenvalue weighted by atomic mass is 9.96. The average molecular weight is 266 g/mol. The van der Waals surface area contributed by atoms with Crippen molar-refractivity contribution in [3.05, 3.63) is 30.1 Å². The van der Waals surface area contributed by atoms with Crippen LogP contribution in [0.5, 0.6) is 5.75 Å². The number of primary amides is 1. The molecule has 1 fully saturated rings. The van der Waals surface area contributed by atoms with E-state index in [0.717, 1.165) is 32.5 Å². The zero-order valence-electron chi connectivity index (χ0n) is 10.8. The minimum atomic E-state index is -0.338. The molecule has 2 rings (SSSR count). The lowest BCUT2D eigenvalue weighted by Gasteiger charge is -2.30. The third-order valence-electron chi connectivity index (χ3n) is 3.49. The molecule has 104 valence electrons. The maximum Gasteiger partial charge on any atom is 0.220 e. The number of piperidine rings is 1. The SMILES string of the molecule is NC(=O)C1CCN(CCOc2ccccc2F)CC1. The van der Waals surface area contributed by atoms with Gasteiger partial charge in [-0.15, -0.1) is 0 Å². The van der Waals surface area contributed by atoms with Crippen LogP contribution >= 0.6 is 0 Å². The van der Waals surface area contributed by atoms with Crippen LogP contribution in [0.3, 0.4) is 0 Å². The van der Waals surface area contributed by atoms with Crippen LogP contribution in [-0.2, 0) is 4.79 Å². The van der Waals surface area contributed by atoms with E-state index in [-0.39, 0.29) is 23.4 Å². The van der Waals surface area contributed by atoms with Crippen molar-refractivity contribution in [2.24, 2.45) is 11.7 Å². The van der Waals surface area contributed by atoms with Crippen molar-refractivity contribution < 1.29 is 13.9 Å². The number of benzene rings is 1. The Kier molecular flexibility index (Phi) is 4.74.